The maximum Gasteiger partial charge on any atom is 0.0663 e. The van der Waals surface area contributed by atoms with Crippen LogP contribution in [0.25, 0.3) is 0 Å². The molecule has 1 aromatic carbocycles. The summed E-state index contributed by atoms with van der Waals surface area (Å²) in [7, 11) is 1.71. The number of ether oxygens (including phenoxy) is 1. The molecule has 1 unspecified atom stereocenters. The lowest BCUT2D eigenvalue weighted by Gasteiger charge is -2.18. The summed E-state index contributed by atoms with van der Waals surface area (Å²) in [6.07, 6.45) is 1.01. The van der Waals surface area contributed by atoms with Gasteiger partial charge in [0.15, 0.2) is 0 Å². The molecule has 0 heterocycles. The third-order valence-corrected chi connectivity index (χ3v) is 2.66. The van der Waals surface area contributed by atoms with E-state index in [0.717, 1.165) is 17.1 Å². The molecule has 0 bridgehead atoms. The topological polar surface area (TPSA) is 21.3 Å². The van der Waals surface area contributed by atoms with Crippen molar-refractivity contribution in [1.29, 1.82) is 0 Å². The second-order valence-corrected chi connectivity index (χ2v) is 4.10. The van der Waals surface area contributed by atoms with Crippen molar-refractivity contribution in [2.45, 2.75) is 26.3 Å². The second kappa shape index (κ2) is 5.99. The van der Waals surface area contributed by atoms with Crippen molar-refractivity contribution in [3.63, 3.8) is 0 Å². The molecule has 15 heavy (non-hydrogen) atoms. The summed E-state index contributed by atoms with van der Waals surface area (Å²) >= 11 is 6.13. The maximum atomic E-state index is 6.13. The summed E-state index contributed by atoms with van der Waals surface area (Å²) in [4.78, 5) is 0. The van der Waals surface area contributed by atoms with Gasteiger partial charge >= 0.3 is 0 Å². The van der Waals surface area contributed by atoms with Gasteiger partial charge in [-0.15, -0.1) is 0 Å². The molecule has 0 aliphatic heterocycles. The summed E-state index contributed by atoms with van der Waals surface area (Å²) in [5.41, 5.74) is 2.15. The van der Waals surface area contributed by atoms with E-state index in [1.165, 1.54) is 5.56 Å². The predicted molar refractivity (Wildman–Crippen MR) is 65.8 cm³/mol. The van der Waals surface area contributed by atoms with E-state index in [-0.39, 0.29) is 0 Å². The first-order valence-corrected chi connectivity index (χ1v) is 5.56. The number of rotatable bonds is 5. The van der Waals surface area contributed by atoms with Crippen molar-refractivity contribution < 1.29 is 4.74 Å². The van der Waals surface area contributed by atoms with Crippen LogP contribution in [0.3, 0.4) is 0 Å². The zero-order chi connectivity index (χ0) is 11.3. The zero-order valence-corrected chi connectivity index (χ0v) is 10.3. The van der Waals surface area contributed by atoms with Gasteiger partial charge in [0.25, 0.3) is 0 Å². The van der Waals surface area contributed by atoms with E-state index in [4.69, 9.17) is 16.3 Å². The van der Waals surface area contributed by atoms with E-state index in [2.05, 4.69) is 12.2 Å². The Kier molecular flexibility index (Phi) is 4.92. The van der Waals surface area contributed by atoms with Crippen LogP contribution >= 0.6 is 11.6 Å². The first-order valence-electron chi connectivity index (χ1n) is 5.19. The summed E-state index contributed by atoms with van der Waals surface area (Å²) in [5.74, 6) is 0. The molecular weight excluding hydrogens is 210 g/mol. The average Bonchev–Trinajstić information content (AvgIpc) is 2.21. The fourth-order valence-corrected chi connectivity index (χ4v) is 1.71. The van der Waals surface area contributed by atoms with E-state index in [1.807, 2.05) is 25.1 Å². The van der Waals surface area contributed by atoms with Gasteiger partial charge in [0.1, 0.15) is 0 Å². The van der Waals surface area contributed by atoms with Gasteiger partial charge in [-0.2, -0.15) is 0 Å². The molecule has 1 rings (SSSR count). The van der Waals surface area contributed by atoms with Gasteiger partial charge in [0.05, 0.1) is 17.3 Å². The summed E-state index contributed by atoms with van der Waals surface area (Å²) in [5, 5.41) is 4.14. The molecule has 0 spiro atoms. The molecule has 1 aromatic rings. The highest BCUT2D eigenvalue weighted by Gasteiger charge is 2.07. The highest BCUT2D eigenvalue weighted by Crippen LogP contribution is 2.23. The minimum Gasteiger partial charge on any atom is -0.383 e. The Morgan fingerprint density at radius 1 is 1.47 bits per heavy atom. The van der Waals surface area contributed by atoms with Gasteiger partial charge in [-0.25, -0.2) is 0 Å². The largest absolute Gasteiger partial charge is 0.383 e. The van der Waals surface area contributed by atoms with Crippen molar-refractivity contribution in [1.82, 2.24) is 0 Å². The van der Waals surface area contributed by atoms with Crippen LogP contribution in [-0.4, -0.2) is 19.8 Å². The molecule has 0 aliphatic rings. The summed E-state index contributed by atoms with van der Waals surface area (Å²) in [6, 6.07) is 6.34. The highest BCUT2D eigenvalue weighted by molar-refractivity contribution is 6.33. The molecular formula is C12H18ClNO. The number of methoxy groups -OCH3 is 1. The molecule has 0 saturated heterocycles. The average molecular weight is 228 g/mol. The van der Waals surface area contributed by atoms with Gasteiger partial charge in [-0.1, -0.05) is 24.6 Å². The minimum atomic E-state index is 0.315. The number of hydrogen-bond donors (Lipinski definition) is 1. The minimum absolute atomic E-state index is 0.315. The fraction of sp³-hybridized carbons (Fsp3) is 0.500. The van der Waals surface area contributed by atoms with E-state index in [9.17, 15) is 0 Å². The quantitative estimate of drug-likeness (QED) is 0.832. The third-order valence-electron chi connectivity index (χ3n) is 2.34. The molecule has 84 valence electrons. The van der Waals surface area contributed by atoms with Gasteiger partial charge in [0.2, 0.25) is 0 Å². The standard InChI is InChI=1S/C12H18ClNO/c1-4-10(8-15-3)14-12-6-5-9(2)7-11(12)13/h5-7,10,14H,4,8H2,1-3H3. The fourth-order valence-electron chi connectivity index (χ4n) is 1.42. The molecule has 0 radical (unpaired) electrons. The van der Waals surface area contributed by atoms with Crippen LogP contribution in [0.2, 0.25) is 5.02 Å². The normalized spacial score (nSPS) is 12.5. The van der Waals surface area contributed by atoms with E-state index in [1.54, 1.807) is 7.11 Å². The lowest BCUT2D eigenvalue weighted by Crippen LogP contribution is -2.23. The van der Waals surface area contributed by atoms with Gasteiger partial charge in [-0.05, 0) is 31.0 Å². The number of halogens is 1. The Morgan fingerprint density at radius 2 is 2.20 bits per heavy atom. The Morgan fingerprint density at radius 3 is 2.73 bits per heavy atom. The van der Waals surface area contributed by atoms with Gasteiger partial charge in [0, 0.05) is 13.2 Å². The number of benzene rings is 1. The van der Waals surface area contributed by atoms with Crippen molar-refractivity contribution in [2.24, 2.45) is 0 Å². The van der Waals surface area contributed by atoms with Crippen molar-refractivity contribution in [3.8, 4) is 0 Å². The predicted octanol–water partition coefficient (Wildman–Crippen LogP) is 3.49. The van der Waals surface area contributed by atoms with Crippen LogP contribution in [0.5, 0.6) is 0 Å². The molecule has 0 aliphatic carbocycles. The van der Waals surface area contributed by atoms with Crippen LogP contribution in [0.15, 0.2) is 18.2 Å². The second-order valence-electron chi connectivity index (χ2n) is 3.69. The van der Waals surface area contributed by atoms with Crippen LogP contribution in [0, 0.1) is 6.92 Å². The number of anilines is 1. The van der Waals surface area contributed by atoms with E-state index < -0.39 is 0 Å². The monoisotopic (exact) mass is 227 g/mol. The van der Waals surface area contributed by atoms with Crippen LogP contribution < -0.4 is 5.32 Å². The first kappa shape index (κ1) is 12.3. The molecule has 0 amide bonds. The Bertz CT molecular complexity index is 314. The lowest BCUT2D eigenvalue weighted by molar-refractivity contribution is 0.184. The lowest BCUT2D eigenvalue weighted by atomic mass is 10.2. The van der Waals surface area contributed by atoms with Crippen LogP contribution in [0.4, 0.5) is 5.69 Å². The Balaban J connectivity index is 2.70. The molecule has 0 aromatic heterocycles. The van der Waals surface area contributed by atoms with Crippen molar-refractivity contribution in [3.05, 3.63) is 28.8 Å². The smallest absolute Gasteiger partial charge is 0.0663 e. The zero-order valence-electron chi connectivity index (χ0n) is 9.51. The first-order chi connectivity index (χ1) is 7.17. The van der Waals surface area contributed by atoms with Crippen molar-refractivity contribution >= 4 is 17.3 Å². The Hall–Kier alpha value is -0.730. The van der Waals surface area contributed by atoms with Crippen molar-refractivity contribution in [2.75, 3.05) is 19.0 Å². The van der Waals surface area contributed by atoms with Crippen LogP contribution in [0.1, 0.15) is 18.9 Å². The molecule has 0 fully saturated rings. The molecule has 1 atom stereocenters. The molecule has 0 saturated carbocycles. The third kappa shape index (κ3) is 3.73. The SMILES string of the molecule is CCC(COC)Nc1ccc(C)cc1Cl. The summed E-state index contributed by atoms with van der Waals surface area (Å²) < 4.78 is 5.13. The van der Waals surface area contributed by atoms with E-state index in [0.29, 0.717) is 12.6 Å². The van der Waals surface area contributed by atoms with Gasteiger partial charge < -0.3 is 10.1 Å². The molecule has 2 nitrogen and oxygen atoms in total. The maximum absolute atomic E-state index is 6.13. The number of hydrogen-bond acceptors (Lipinski definition) is 2. The van der Waals surface area contributed by atoms with E-state index >= 15 is 0 Å². The summed E-state index contributed by atoms with van der Waals surface area (Å²) in [6.45, 7) is 4.85. The number of aryl methyl sites for hydroxylation is 1. The van der Waals surface area contributed by atoms with Crippen LogP contribution in [-0.2, 0) is 4.74 Å². The molecule has 1 N–H and O–H groups in total. The highest BCUT2D eigenvalue weighted by atomic mass is 35.5. The number of nitrogens with one attached hydrogen (secondary N) is 1. The Labute approximate surface area is 96.6 Å². The molecule has 3 heteroatoms. The van der Waals surface area contributed by atoms with Gasteiger partial charge in [-0.3, -0.25) is 0 Å².